The Morgan fingerprint density at radius 3 is 3.00 bits per heavy atom. The Labute approximate surface area is 140 Å². The minimum atomic E-state index is -0.588. The number of aromatic nitrogens is 2. The summed E-state index contributed by atoms with van der Waals surface area (Å²) >= 11 is 0. The van der Waals surface area contributed by atoms with Crippen LogP contribution in [-0.2, 0) is 6.54 Å². The van der Waals surface area contributed by atoms with Gasteiger partial charge in [0.05, 0.1) is 11.9 Å². The van der Waals surface area contributed by atoms with Gasteiger partial charge in [0.15, 0.2) is 0 Å². The van der Waals surface area contributed by atoms with Crippen molar-refractivity contribution in [2.75, 3.05) is 0 Å². The Balaban J connectivity index is 1.90. The second-order valence-corrected chi connectivity index (χ2v) is 6.15. The zero-order valence-corrected chi connectivity index (χ0v) is 13.7. The maximum absolute atomic E-state index is 14.1. The van der Waals surface area contributed by atoms with Gasteiger partial charge in [0.1, 0.15) is 11.6 Å². The Morgan fingerprint density at radius 2 is 2.25 bits per heavy atom. The van der Waals surface area contributed by atoms with Gasteiger partial charge in [0, 0.05) is 35.8 Å². The number of H-pyrrole nitrogens is 1. The van der Waals surface area contributed by atoms with E-state index in [4.69, 9.17) is 0 Å². The molecular formula is C19H21F2N3. The Hall–Kier alpha value is -2.27. The first-order valence-electron chi connectivity index (χ1n) is 8.11. The second kappa shape index (κ2) is 7.09. The van der Waals surface area contributed by atoms with Gasteiger partial charge in [-0.3, -0.25) is 10.00 Å². The van der Waals surface area contributed by atoms with Crippen molar-refractivity contribution in [3.8, 4) is 11.3 Å². The Morgan fingerprint density at radius 1 is 1.42 bits per heavy atom. The van der Waals surface area contributed by atoms with E-state index >= 15 is 0 Å². The SMILES string of the molecule is C=CC[C@@H]1CC=C[C@@H](C)N1Cc1cn[nH]c1-c1ccc(F)cc1F. The monoisotopic (exact) mass is 329 g/mol. The van der Waals surface area contributed by atoms with E-state index in [1.165, 1.54) is 12.1 Å². The van der Waals surface area contributed by atoms with Crippen LogP contribution >= 0.6 is 0 Å². The van der Waals surface area contributed by atoms with E-state index in [0.29, 0.717) is 23.8 Å². The van der Waals surface area contributed by atoms with Gasteiger partial charge in [0.25, 0.3) is 0 Å². The van der Waals surface area contributed by atoms with Crippen LogP contribution in [0, 0.1) is 11.6 Å². The molecule has 0 radical (unpaired) electrons. The first-order valence-corrected chi connectivity index (χ1v) is 8.11. The molecule has 2 heterocycles. The van der Waals surface area contributed by atoms with Crippen LogP contribution in [0.2, 0.25) is 0 Å². The minimum absolute atomic E-state index is 0.282. The molecule has 2 aromatic rings. The largest absolute Gasteiger partial charge is 0.289 e. The highest BCUT2D eigenvalue weighted by molar-refractivity contribution is 5.63. The lowest BCUT2D eigenvalue weighted by molar-refractivity contribution is 0.151. The van der Waals surface area contributed by atoms with E-state index in [2.05, 4.69) is 40.8 Å². The van der Waals surface area contributed by atoms with Gasteiger partial charge in [-0.25, -0.2) is 8.78 Å². The van der Waals surface area contributed by atoms with E-state index in [-0.39, 0.29) is 6.04 Å². The lowest BCUT2D eigenvalue weighted by Gasteiger charge is -2.37. The van der Waals surface area contributed by atoms with Crippen molar-refractivity contribution in [1.29, 1.82) is 0 Å². The molecule has 1 aromatic heterocycles. The molecule has 24 heavy (non-hydrogen) atoms. The van der Waals surface area contributed by atoms with E-state index in [0.717, 1.165) is 24.5 Å². The van der Waals surface area contributed by atoms with Crippen LogP contribution < -0.4 is 0 Å². The molecule has 0 saturated carbocycles. The average Bonchev–Trinajstić information content (AvgIpc) is 2.99. The molecule has 1 aromatic carbocycles. The summed E-state index contributed by atoms with van der Waals surface area (Å²) in [5.41, 5.74) is 1.84. The highest BCUT2D eigenvalue weighted by Gasteiger charge is 2.25. The predicted octanol–water partition coefficient (Wildman–Crippen LogP) is 4.45. The summed E-state index contributed by atoms with van der Waals surface area (Å²) in [6.45, 7) is 6.63. The smallest absolute Gasteiger partial charge is 0.135 e. The molecule has 0 aliphatic carbocycles. The topological polar surface area (TPSA) is 31.9 Å². The molecular weight excluding hydrogens is 308 g/mol. The van der Waals surface area contributed by atoms with E-state index in [1.807, 2.05) is 6.08 Å². The van der Waals surface area contributed by atoms with Gasteiger partial charge in [-0.2, -0.15) is 5.10 Å². The van der Waals surface area contributed by atoms with Crippen molar-refractivity contribution < 1.29 is 8.78 Å². The van der Waals surface area contributed by atoms with Crippen LogP contribution in [-0.4, -0.2) is 27.2 Å². The summed E-state index contributed by atoms with van der Waals surface area (Å²) in [6.07, 6.45) is 9.89. The van der Waals surface area contributed by atoms with Gasteiger partial charge in [-0.05, 0) is 31.9 Å². The van der Waals surface area contributed by atoms with Crippen LogP contribution in [0.3, 0.4) is 0 Å². The number of rotatable bonds is 5. The van der Waals surface area contributed by atoms with Crippen molar-refractivity contribution in [3.63, 3.8) is 0 Å². The van der Waals surface area contributed by atoms with Gasteiger partial charge in [-0.15, -0.1) is 6.58 Å². The summed E-state index contributed by atoms with van der Waals surface area (Å²) in [4.78, 5) is 2.36. The molecule has 0 unspecified atom stereocenters. The van der Waals surface area contributed by atoms with Crippen molar-refractivity contribution in [1.82, 2.24) is 15.1 Å². The number of aromatic amines is 1. The fourth-order valence-electron chi connectivity index (χ4n) is 3.26. The van der Waals surface area contributed by atoms with Gasteiger partial charge < -0.3 is 0 Å². The standard InChI is InChI=1S/C19H21F2N3/c1-3-5-16-7-4-6-13(2)24(16)12-14-11-22-23-19(14)17-9-8-15(20)10-18(17)21/h3-4,6,8-11,13,16H,1,5,7,12H2,2H3,(H,22,23)/t13-,16-/m1/s1. The number of nitrogens with zero attached hydrogens (tertiary/aromatic N) is 2. The number of benzene rings is 1. The highest BCUT2D eigenvalue weighted by atomic mass is 19.1. The van der Waals surface area contributed by atoms with Crippen molar-refractivity contribution >= 4 is 0 Å². The molecule has 126 valence electrons. The first kappa shape index (κ1) is 16.6. The number of nitrogens with one attached hydrogen (secondary N) is 1. The van der Waals surface area contributed by atoms with Gasteiger partial charge >= 0.3 is 0 Å². The molecule has 0 spiro atoms. The van der Waals surface area contributed by atoms with Crippen LogP contribution in [0.1, 0.15) is 25.3 Å². The molecule has 5 heteroatoms. The van der Waals surface area contributed by atoms with E-state index in [9.17, 15) is 8.78 Å². The summed E-state index contributed by atoms with van der Waals surface area (Å²) in [6, 6.07) is 4.25. The van der Waals surface area contributed by atoms with Crippen LogP contribution in [0.5, 0.6) is 0 Å². The second-order valence-electron chi connectivity index (χ2n) is 6.15. The molecule has 1 aliphatic heterocycles. The zero-order valence-electron chi connectivity index (χ0n) is 13.7. The molecule has 1 N–H and O–H groups in total. The minimum Gasteiger partial charge on any atom is -0.289 e. The predicted molar refractivity (Wildman–Crippen MR) is 91.3 cm³/mol. The molecule has 0 saturated heterocycles. The normalized spacial score (nSPS) is 21.1. The third kappa shape index (κ3) is 3.31. The van der Waals surface area contributed by atoms with Crippen molar-refractivity contribution in [2.45, 2.75) is 38.4 Å². The van der Waals surface area contributed by atoms with Crippen LogP contribution in [0.4, 0.5) is 8.78 Å². The lowest BCUT2D eigenvalue weighted by Crippen LogP contribution is -2.42. The molecule has 3 rings (SSSR count). The van der Waals surface area contributed by atoms with E-state index in [1.54, 1.807) is 6.20 Å². The third-order valence-electron chi connectivity index (χ3n) is 4.52. The number of halogens is 2. The molecule has 2 atom stereocenters. The molecule has 1 aliphatic rings. The van der Waals surface area contributed by atoms with Crippen molar-refractivity contribution in [3.05, 3.63) is 66.4 Å². The van der Waals surface area contributed by atoms with Gasteiger partial charge in [-0.1, -0.05) is 18.2 Å². The fourth-order valence-corrected chi connectivity index (χ4v) is 3.26. The Bertz CT molecular complexity index is 751. The summed E-state index contributed by atoms with van der Waals surface area (Å²) < 4.78 is 27.3. The van der Waals surface area contributed by atoms with Crippen LogP contribution in [0.15, 0.2) is 49.2 Å². The Kier molecular flexibility index (Phi) is 4.90. The van der Waals surface area contributed by atoms with Crippen LogP contribution in [0.25, 0.3) is 11.3 Å². The summed E-state index contributed by atoms with van der Waals surface area (Å²) in [5.74, 6) is -1.17. The maximum Gasteiger partial charge on any atom is 0.135 e. The van der Waals surface area contributed by atoms with Crippen molar-refractivity contribution in [2.24, 2.45) is 0 Å². The molecule has 0 fully saturated rings. The lowest BCUT2D eigenvalue weighted by atomic mass is 9.98. The third-order valence-corrected chi connectivity index (χ3v) is 4.52. The molecule has 3 nitrogen and oxygen atoms in total. The fraction of sp³-hybridized carbons (Fsp3) is 0.316. The number of hydrogen-bond donors (Lipinski definition) is 1. The molecule has 0 amide bonds. The zero-order chi connectivity index (χ0) is 17.1. The average molecular weight is 329 g/mol. The van der Waals surface area contributed by atoms with E-state index < -0.39 is 11.6 Å². The highest BCUT2D eigenvalue weighted by Crippen LogP contribution is 2.29. The first-order chi connectivity index (χ1) is 11.6. The molecule has 0 bridgehead atoms. The van der Waals surface area contributed by atoms with Gasteiger partial charge in [0.2, 0.25) is 0 Å². The summed E-state index contributed by atoms with van der Waals surface area (Å²) in [5, 5.41) is 6.93. The summed E-state index contributed by atoms with van der Waals surface area (Å²) in [7, 11) is 0. The number of hydrogen-bond acceptors (Lipinski definition) is 2. The maximum atomic E-state index is 14.1. The quantitative estimate of drug-likeness (QED) is 0.822.